The standard InChI is InChI=1S/C19H37NO/c1-3-4-5-6-7-8-9-10-11-12-13-14-15-16-17-18-19-21-20-2/h7-8,10-11,20H,3-6,9,12-19H2,1-2H3. The fraction of sp³-hybridized carbons (Fsp3) is 0.789. The number of hydroxylamine groups is 1. The number of rotatable bonds is 16. The molecule has 0 saturated heterocycles. The van der Waals surface area contributed by atoms with E-state index in [-0.39, 0.29) is 0 Å². The fourth-order valence-corrected chi connectivity index (χ4v) is 2.26. The van der Waals surface area contributed by atoms with Gasteiger partial charge in [0, 0.05) is 7.05 Å². The molecule has 0 fully saturated rings. The van der Waals surface area contributed by atoms with Crippen molar-refractivity contribution in [3.8, 4) is 0 Å². The minimum absolute atomic E-state index is 0.838. The van der Waals surface area contributed by atoms with Crippen molar-refractivity contribution in [3.05, 3.63) is 24.3 Å². The average Bonchev–Trinajstić information content (AvgIpc) is 2.50. The first-order valence-corrected chi connectivity index (χ1v) is 9.00. The third-order valence-corrected chi connectivity index (χ3v) is 3.59. The molecule has 0 aromatic rings. The quantitative estimate of drug-likeness (QED) is 0.216. The molecule has 0 aliphatic heterocycles. The van der Waals surface area contributed by atoms with Crippen LogP contribution in [0.1, 0.15) is 84.0 Å². The number of hydrogen-bond donors (Lipinski definition) is 1. The maximum Gasteiger partial charge on any atom is 0.0682 e. The second-order valence-corrected chi connectivity index (χ2v) is 5.64. The van der Waals surface area contributed by atoms with Crippen LogP contribution in [0.15, 0.2) is 24.3 Å². The highest BCUT2D eigenvalue weighted by atomic mass is 16.6. The van der Waals surface area contributed by atoms with Crippen LogP contribution in [0.5, 0.6) is 0 Å². The summed E-state index contributed by atoms with van der Waals surface area (Å²) in [5, 5.41) is 0. The van der Waals surface area contributed by atoms with E-state index in [0.29, 0.717) is 0 Å². The summed E-state index contributed by atoms with van der Waals surface area (Å²) in [6.45, 7) is 3.09. The summed E-state index contributed by atoms with van der Waals surface area (Å²) in [7, 11) is 1.82. The summed E-state index contributed by atoms with van der Waals surface area (Å²) < 4.78 is 0. The lowest BCUT2D eigenvalue weighted by molar-refractivity contribution is 0.0550. The molecule has 0 atom stereocenters. The molecule has 0 amide bonds. The van der Waals surface area contributed by atoms with E-state index >= 15 is 0 Å². The number of nitrogens with one attached hydrogen (secondary N) is 1. The van der Waals surface area contributed by atoms with Crippen molar-refractivity contribution in [3.63, 3.8) is 0 Å². The molecule has 0 rings (SSSR count). The summed E-state index contributed by atoms with van der Waals surface area (Å²) in [5.41, 5.74) is 2.71. The van der Waals surface area contributed by atoms with Gasteiger partial charge < -0.3 is 4.84 Å². The highest BCUT2D eigenvalue weighted by Crippen LogP contribution is 2.08. The Bertz CT molecular complexity index is 236. The summed E-state index contributed by atoms with van der Waals surface area (Å²) in [6.07, 6.45) is 24.8. The van der Waals surface area contributed by atoms with E-state index in [0.717, 1.165) is 13.0 Å². The van der Waals surface area contributed by atoms with Gasteiger partial charge in [-0.2, -0.15) is 0 Å². The zero-order valence-corrected chi connectivity index (χ0v) is 14.4. The predicted molar refractivity (Wildman–Crippen MR) is 94.4 cm³/mol. The molecule has 0 heterocycles. The third kappa shape index (κ3) is 19.4. The fourth-order valence-electron chi connectivity index (χ4n) is 2.26. The van der Waals surface area contributed by atoms with E-state index in [4.69, 9.17) is 4.84 Å². The smallest absolute Gasteiger partial charge is 0.0682 e. The summed E-state index contributed by atoms with van der Waals surface area (Å²) in [4.78, 5) is 5.09. The molecule has 0 aliphatic rings. The van der Waals surface area contributed by atoms with E-state index in [2.05, 4.69) is 36.7 Å². The van der Waals surface area contributed by atoms with Crippen molar-refractivity contribution in [2.24, 2.45) is 0 Å². The van der Waals surface area contributed by atoms with Crippen LogP contribution >= 0.6 is 0 Å². The van der Waals surface area contributed by atoms with Gasteiger partial charge in [0.2, 0.25) is 0 Å². The monoisotopic (exact) mass is 295 g/mol. The predicted octanol–water partition coefficient (Wildman–Crippen LogP) is 5.95. The van der Waals surface area contributed by atoms with Crippen LogP contribution in [0.2, 0.25) is 0 Å². The molecule has 0 spiro atoms. The van der Waals surface area contributed by atoms with Crippen LogP contribution in [0.25, 0.3) is 0 Å². The summed E-state index contributed by atoms with van der Waals surface area (Å²) in [6, 6.07) is 0. The highest BCUT2D eigenvalue weighted by Gasteiger charge is 1.91. The molecule has 21 heavy (non-hydrogen) atoms. The maximum absolute atomic E-state index is 5.09. The zero-order valence-electron chi connectivity index (χ0n) is 14.4. The van der Waals surface area contributed by atoms with Crippen molar-refractivity contribution in [2.45, 2.75) is 84.0 Å². The molecule has 1 N–H and O–H groups in total. The summed E-state index contributed by atoms with van der Waals surface area (Å²) >= 11 is 0. The van der Waals surface area contributed by atoms with Crippen molar-refractivity contribution < 1.29 is 4.84 Å². The largest absolute Gasteiger partial charge is 0.302 e. The normalized spacial score (nSPS) is 11.9. The van der Waals surface area contributed by atoms with E-state index in [1.165, 1.54) is 70.6 Å². The second-order valence-electron chi connectivity index (χ2n) is 5.64. The Morgan fingerprint density at radius 3 is 1.90 bits per heavy atom. The number of unbranched alkanes of at least 4 members (excludes halogenated alkanes) is 9. The SMILES string of the molecule is CCCCCC=CCC=CCCCCCCCCONC. The van der Waals surface area contributed by atoms with Crippen LogP contribution < -0.4 is 5.48 Å². The summed E-state index contributed by atoms with van der Waals surface area (Å²) in [5.74, 6) is 0. The Morgan fingerprint density at radius 2 is 1.29 bits per heavy atom. The Labute approximate surface area is 133 Å². The molecular formula is C19H37NO. The topological polar surface area (TPSA) is 21.3 Å². The molecular weight excluding hydrogens is 258 g/mol. The van der Waals surface area contributed by atoms with E-state index in [9.17, 15) is 0 Å². The highest BCUT2D eigenvalue weighted by molar-refractivity contribution is 4.92. The van der Waals surface area contributed by atoms with Gasteiger partial charge >= 0.3 is 0 Å². The van der Waals surface area contributed by atoms with Gasteiger partial charge in [-0.3, -0.25) is 0 Å². The van der Waals surface area contributed by atoms with E-state index < -0.39 is 0 Å². The van der Waals surface area contributed by atoms with Crippen molar-refractivity contribution >= 4 is 0 Å². The number of hydrogen-bond acceptors (Lipinski definition) is 2. The molecule has 124 valence electrons. The minimum Gasteiger partial charge on any atom is -0.302 e. The van der Waals surface area contributed by atoms with Crippen LogP contribution in [-0.2, 0) is 4.84 Å². The molecule has 0 aliphatic carbocycles. The van der Waals surface area contributed by atoms with Crippen LogP contribution in [0.3, 0.4) is 0 Å². The molecule has 0 bridgehead atoms. The van der Waals surface area contributed by atoms with Crippen molar-refractivity contribution in [2.75, 3.05) is 13.7 Å². The minimum atomic E-state index is 0.838. The van der Waals surface area contributed by atoms with Gasteiger partial charge in [-0.15, -0.1) is 0 Å². The van der Waals surface area contributed by atoms with Gasteiger partial charge in [0.25, 0.3) is 0 Å². The lowest BCUT2D eigenvalue weighted by Crippen LogP contribution is -2.07. The van der Waals surface area contributed by atoms with Crippen LogP contribution in [0.4, 0.5) is 0 Å². The zero-order chi connectivity index (χ0) is 15.4. The van der Waals surface area contributed by atoms with Gasteiger partial charge in [-0.25, -0.2) is 5.48 Å². The Balaban J connectivity index is 3.11. The lowest BCUT2D eigenvalue weighted by atomic mass is 10.1. The van der Waals surface area contributed by atoms with Crippen molar-refractivity contribution in [1.82, 2.24) is 5.48 Å². The van der Waals surface area contributed by atoms with Gasteiger partial charge in [-0.1, -0.05) is 69.8 Å². The molecule has 2 heteroatoms. The number of allylic oxidation sites excluding steroid dienone is 4. The Kier molecular flexibility index (Phi) is 18.8. The van der Waals surface area contributed by atoms with E-state index in [1.54, 1.807) is 0 Å². The average molecular weight is 296 g/mol. The third-order valence-electron chi connectivity index (χ3n) is 3.59. The Hall–Kier alpha value is -0.600. The van der Waals surface area contributed by atoms with Crippen LogP contribution in [0, 0.1) is 0 Å². The van der Waals surface area contributed by atoms with E-state index in [1.807, 2.05) is 7.05 Å². The van der Waals surface area contributed by atoms with Crippen molar-refractivity contribution in [1.29, 1.82) is 0 Å². The van der Waals surface area contributed by atoms with Gasteiger partial charge in [0.15, 0.2) is 0 Å². The molecule has 0 aromatic carbocycles. The molecule has 2 nitrogen and oxygen atoms in total. The Morgan fingerprint density at radius 1 is 0.714 bits per heavy atom. The molecule has 0 radical (unpaired) electrons. The van der Waals surface area contributed by atoms with Crippen LogP contribution in [-0.4, -0.2) is 13.7 Å². The van der Waals surface area contributed by atoms with Gasteiger partial charge in [0.05, 0.1) is 6.61 Å². The lowest BCUT2D eigenvalue weighted by Gasteiger charge is -2.01. The van der Waals surface area contributed by atoms with Gasteiger partial charge in [-0.05, 0) is 38.5 Å². The first kappa shape index (κ1) is 20.4. The molecule has 0 saturated carbocycles. The first-order chi connectivity index (χ1) is 10.4. The maximum atomic E-state index is 5.09. The molecule has 0 unspecified atom stereocenters. The molecule has 0 aromatic heterocycles. The first-order valence-electron chi connectivity index (χ1n) is 9.00. The van der Waals surface area contributed by atoms with Gasteiger partial charge in [0.1, 0.15) is 0 Å². The second kappa shape index (κ2) is 19.4.